The van der Waals surface area contributed by atoms with E-state index in [2.05, 4.69) is 10.6 Å². The lowest BCUT2D eigenvalue weighted by molar-refractivity contribution is 0.0708. The summed E-state index contributed by atoms with van der Waals surface area (Å²) >= 11 is 5.89. The number of nitrogens with zero attached hydrogens (tertiary/aromatic N) is 1. The van der Waals surface area contributed by atoms with Crippen LogP contribution in [0.25, 0.3) is 0 Å². The zero-order valence-corrected chi connectivity index (χ0v) is 13.8. The van der Waals surface area contributed by atoms with Gasteiger partial charge in [0, 0.05) is 29.8 Å². The van der Waals surface area contributed by atoms with Gasteiger partial charge in [-0.2, -0.15) is 0 Å². The summed E-state index contributed by atoms with van der Waals surface area (Å²) in [7, 11) is 0. The third-order valence-electron chi connectivity index (χ3n) is 3.97. The molecule has 0 spiro atoms. The Labute approximate surface area is 144 Å². The third kappa shape index (κ3) is 4.08. The van der Waals surface area contributed by atoms with Crippen molar-refractivity contribution in [2.24, 2.45) is 0 Å². The maximum atomic E-state index is 12.2. The number of benzene rings is 1. The third-order valence-corrected chi connectivity index (χ3v) is 4.20. The van der Waals surface area contributed by atoms with Crippen molar-refractivity contribution in [3.63, 3.8) is 0 Å². The van der Waals surface area contributed by atoms with Gasteiger partial charge in [-0.15, -0.1) is 0 Å². The van der Waals surface area contributed by atoms with Crippen LogP contribution in [0, 0.1) is 0 Å². The van der Waals surface area contributed by atoms with Crippen LogP contribution in [0.5, 0.6) is 0 Å². The van der Waals surface area contributed by atoms with E-state index in [-0.39, 0.29) is 18.0 Å². The average Bonchev–Trinajstić information content (AvgIpc) is 3.09. The van der Waals surface area contributed by atoms with Crippen molar-refractivity contribution >= 4 is 29.2 Å². The van der Waals surface area contributed by atoms with Crippen molar-refractivity contribution in [3.8, 4) is 0 Å². The van der Waals surface area contributed by atoms with Crippen LogP contribution in [0.4, 0.5) is 10.5 Å². The lowest BCUT2D eigenvalue weighted by Crippen LogP contribution is -2.47. The van der Waals surface area contributed by atoms with Crippen LogP contribution in [0.15, 0.2) is 47.3 Å². The van der Waals surface area contributed by atoms with E-state index >= 15 is 0 Å². The van der Waals surface area contributed by atoms with E-state index < -0.39 is 0 Å². The number of rotatable bonds is 3. The second-order valence-corrected chi connectivity index (χ2v) is 6.12. The topological polar surface area (TPSA) is 74.6 Å². The summed E-state index contributed by atoms with van der Waals surface area (Å²) < 4.78 is 4.94. The van der Waals surface area contributed by atoms with Crippen molar-refractivity contribution in [3.05, 3.63) is 53.4 Å². The minimum Gasteiger partial charge on any atom is -0.472 e. The molecule has 0 saturated carbocycles. The molecule has 24 heavy (non-hydrogen) atoms. The molecule has 2 heterocycles. The smallest absolute Gasteiger partial charge is 0.319 e. The predicted molar refractivity (Wildman–Crippen MR) is 91.2 cm³/mol. The summed E-state index contributed by atoms with van der Waals surface area (Å²) in [5, 5.41) is 6.26. The highest BCUT2D eigenvalue weighted by Gasteiger charge is 2.25. The van der Waals surface area contributed by atoms with Crippen molar-refractivity contribution in [1.82, 2.24) is 10.2 Å². The maximum Gasteiger partial charge on any atom is 0.319 e. The lowest BCUT2D eigenvalue weighted by atomic mass is 10.0. The maximum absolute atomic E-state index is 12.2. The van der Waals surface area contributed by atoms with Crippen LogP contribution >= 0.6 is 11.6 Å². The number of halogens is 1. The van der Waals surface area contributed by atoms with Crippen molar-refractivity contribution < 1.29 is 14.0 Å². The molecule has 1 saturated heterocycles. The number of likely N-dealkylation sites (tertiary alicyclic amines) is 1. The lowest BCUT2D eigenvalue weighted by Gasteiger charge is -2.32. The SMILES string of the molecule is O=C(Nc1cccc(Cl)c1)NC1CCN(C(=O)c2ccoc2)CC1. The Balaban J connectivity index is 1.47. The van der Waals surface area contributed by atoms with Gasteiger partial charge < -0.3 is 20.0 Å². The number of nitrogens with one attached hydrogen (secondary N) is 2. The van der Waals surface area contributed by atoms with E-state index in [0.717, 1.165) is 0 Å². The van der Waals surface area contributed by atoms with E-state index in [1.165, 1.54) is 12.5 Å². The van der Waals surface area contributed by atoms with Crippen LogP contribution in [0.3, 0.4) is 0 Å². The molecule has 7 heteroatoms. The fourth-order valence-electron chi connectivity index (χ4n) is 2.71. The van der Waals surface area contributed by atoms with Crippen molar-refractivity contribution in [1.29, 1.82) is 0 Å². The standard InChI is InChI=1S/C17H18ClN3O3/c18-13-2-1-3-15(10-13)20-17(23)19-14-4-7-21(8-5-14)16(22)12-6-9-24-11-12/h1-3,6,9-11,14H,4-5,7-8H2,(H2,19,20,23). The molecule has 6 nitrogen and oxygen atoms in total. The molecule has 3 amide bonds. The first kappa shape index (κ1) is 16.4. The predicted octanol–water partition coefficient (Wildman–Crippen LogP) is 3.36. The monoisotopic (exact) mass is 347 g/mol. The van der Waals surface area contributed by atoms with E-state index in [9.17, 15) is 9.59 Å². The highest BCUT2D eigenvalue weighted by molar-refractivity contribution is 6.30. The van der Waals surface area contributed by atoms with Crippen molar-refractivity contribution in [2.45, 2.75) is 18.9 Å². The fourth-order valence-corrected chi connectivity index (χ4v) is 2.90. The molecule has 0 unspecified atom stereocenters. The molecule has 0 bridgehead atoms. The number of furan rings is 1. The number of hydrogen-bond acceptors (Lipinski definition) is 3. The van der Waals surface area contributed by atoms with Gasteiger partial charge >= 0.3 is 6.03 Å². The molecule has 2 aromatic rings. The number of amides is 3. The summed E-state index contributed by atoms with van der Waals surface area (Å²) in [4.78, 5) is 26.0. The van der Waals surface area contributed by atoms with E-state index in [1.807, 2.05) is 0 Å². The number of anilines is 1. The number of urea groups is 1. The Morgan fingerprint density at radius 1 is 1.21 bits per heavy atom. The average molecular weight is 348 g/mol. The zero-order chi connectivity index (χ0) is 16.9. The van der Waals surface area contributed by atoms with Gasteiger partial charge in [-0.1, -0.05) is 17.7 Å². The van der Waals surface area contributed by atoms with Gasteiger partial charge in [0.1, 0.15) is 6.26 Å². The van der Waals surface area contributed by atoms with Crippen LogP contribution in [-0.4, -0.2) is 36.0 Å². The number of hydrogen-bond donors (Lipinski definition) is 2. The summed E-state index contributed by atoms with van der Waals surface area (Å²) in [6.07, 6.45) is 4.37. The van der Waals surface area contributed by atoms with Gasteiger partial charge in [0.2, 0.25) is 0 Å². The Bertz CT molecular complexity index is 710. The molecular formula is C17H18ClN3O3. The molecule has 3 rings (SSSR count). The Hall–Kier alpha value is -2.47. The van der Waals surface area contributed by atoms with Crippen LogP contribution < -0.4 is 10.6 Å². The molecule has 0 radical (unpaired) electrons. The van der Waals surface area contributed by atoms with Gasteiger partial charge in [0.25, 0.3) is 5.91 Å². The normalized spacial score (nSPS) is 15.1. The molecule has 0 aliphatic carbocycles. The first-order valence-corrected chi connectivity index (χ1v) is 8.14. The molecule has 126 valence electrons. The second-order valence-electron chi connectivity index (χ2n) is 5.69. The van der Waals surface area contributed by atoms with Crippen molar-refractivity contribution in [2.75, 3.05) is 18.4 Å². The van der Waals surface area contributed by atoms with Gasteiger partial charge in [0.05, 0.1) is 11.8 Å². The Morgan fingerprint density at radius 2 is 2.00 bits per heavy atom. The molecule has 2 N–H and O–H groups in total. The Kier molecular flexibility index (Phi) is 5.05. The highest BCUT2D eigenvalue weighted by atomic mass is 35.5. The van der Waals surface area contributed by atoms with Gasteiger partial charge in [-0.05, 0) is 37.1 Å². The minimum absolute atomic E-state index is 0.0365. The van der Waals surface area contributed by atoms with Gasteiger partial charge in [0.15, 0.2) is 0 Å². The molecular weight excluding hydrogens is 330 g/mol. The summed E-state index contributed by atoms with van der Waals surface area (Å²) in [6, 6.07) is 8.42. The molecule has 1 aromatic heterocycles. The number of carbonyl (C=O) groups is 2. The van der Waals surface area contributed by atoms with E-state index in [0.29, 0.717) is 42.2 Å². The summed E-state index contributed by atoms with van der Waals surface area (Å²) in [6.45, 7) is 1.21. The minimum atomic E-state index is -0.267. The van der Waals surface area contributed by atoms with Gasteiger partial charge in [-0.3, -0.25) is 4.79 Å². The first-order valence-electron chi connectivity index (χ1n) is 7.76. The van der Waals surface area contributed by atoms with Crippen LogP contribution in [0.2, 0.25) is 5.02 Å². The molecule has 0 atom stereocenters. The van der Waals surface area contributed by atoms with Gasteiger partial charge in [-0.25, -0.2) is 4.79 Å². The largest absolute Gasteiger partial charge is 0.472 e. The second kappa shape index (κ2) is 7.40. The fraction of sp³-hybridized carbons (Fsp3) is 0.294. The zero-order valence-electron chi connectivity index (χ0n) is 13.0. The molecule has 1 aliphatic heterocycles. The Morgan fingerprint density at radius 3 is 2.67 bits per heavy atom. The molecule has 1 fully saturated rings. The number of carbonyl (C=O) groups excluding carboxylic acids is 2. The van der Waals surface area contributed by atoms with E-state index in [1.54, 1.807) is 35.2 Å². The number of piperidine rings is 1. The highest BCUT2D eigenvalue weighted by Crippen LogP contribution is 2.16. The summed E-state index contributed by atoms with van der Waals surface area (Å²) in [5.41, 5.74) is 1.20. The first-order chi connectivity index (χ1) is 11.6. The van der Waals surface area contributed by atoms with Crippen LogP contribution in [-0.2, 0) is 0 Å². The summed E-state index contributed by atoms with van der Waals surface area (Å²) in [5.74, 6) is -0.0365. The van der Waals surface area contributed by atoms with Crippen LogP contribution in [0.1, 0.15) is 23.2 Å². The molecule has 1 aromatic carbocycles. The quantitative estimate of drug-likeness (QED) is 0.894. The van der Waals surface area contributed by atoms with E-state index in [4.69, 9.17) is 16.0 Å². The molecule has 1 aliphatic rings.